The Morgan fingerprint density at radius 2 is 1.03 bits per heavy atom. The first-order valence-corrected chi connectivity index (χ1v) is 14.8. The van der Waals surface area contributed by atoms with E-state index >= 15 is 0 Å². The second-order valence-electron chi connectivity index (χ2n) is 10.2. The molecule has 0 aliphatic rings. The summed E-state index contributed by atoms with van der Waals surface area (Å²) in [4.78, 5) is 27.3. The summed E-state index contributed by atoms with van der Waals surface area (Å²) in [5.41, 5.74) is 0. The maximum atomic E-state index is 11.9. The number of aliphatic hydroxyl groups is 3. The Labute approximate surface area is 224 Å². The Morgan fingerprint density at radius 1 is 0.622 bits per heavy atom. The molecule has 0 bridgehead atoms. The summed E-state index contributed by atoms with van der Waals surface area (Å²) in [6.07, 6.45) is 17.2. The van der Waals surface area contributed by atoms with E-state index in [-0.39, 0.29) is 5.91 Å². The van der Waals surface area contributed by atoms with Crippen LogP contribution in [-0.2, 0) is 14.5 Å². The van der Waals surface area contributed by atoms with Crippen molar-refractivity contribution in [2.45, 2.75) is 154 Å². The van der Waals surface area contributed by atoms with Crippen LogP contribution in [0, 0.1) is 0 Å². The highest BCUT2D eigenvalue weighted by Crippen LogP contribution is 2.12. The van der Waals surface area contributed by atoms with Gasteiger partial charge in [0.15, 0.2) is 18.5 Å². The predicted octanol–water partition coefficient (Wildman–Crippen LogP) is 4.57. The van der Waals surface area contributed by atoms with Gasteiger partial charge in [0.1, 0.15) is 0 Å². The van der Waals surface area contributed by atoms with E-state index in [1.165, 1.54) is 57.8 Å². The molecule has 0 aliphatic heterocycles. The van der Waals surface area contributed by atoms with E-state index in [1.807, 2.05) is 0 Å². The number of hydrogen-bond acceptors (Lipinski definition) is 7. The molecule has 2 amide bonds. The average molecular weight is 533 g/mol. The van der Waals surface area contributed by atoms with Crippen molar-refractivity contribution in [2.75, 3.05) is 13.1 Å². The first-order chi connectivity index (χ1) is 17.9. The highest BCUT2D eigenvalue weighted by Gasteiger charge is 2.32. The van der Waals surface area contributed by atoms with Crippen molar-refractivity contribution in [3.8, 4) is 0 Å². The van der Waals surface area contributed by atoms with Gasteiger partial charge in [-0.2, -0.15) is 0 Å². The molecule has 0 saturated carbocycles. The molecule has 0 radical (unpaired) electrons. The van der Waals surface area contributed by atoms with Crippen LogP contribution in [0.5, 0.6) is 0 Å². The molecule has 220 valence electrons. The van der Waals surface area contributed by atoms with Gasteiger partial charge >= 0.3 is 0 Å². The minimum atomic E-state index is -2.16. The van der Waals surface area contributed by atoms with Crippen LogP contribution in [0.25, 0.3) is 0 Å². The lowest BCUT2D eigenvalue weighted by atomic mass is 10.1. The number of carbonyl (C=O) groups excluding carboxylic acids is 2. The van der Waals surface area contributed by atoms with E-state index < -0.39 is 24.4 Å². The summed E-state index contributed by atoms with van der Waals surface area (Å²) >= 11 is 0. The second kappa shape index (κ2) is 26.4. The fourth-order valence-electron chi connectivity index (χ4n) is 4.32. The largest absolute Gasteiger partial charge is 0.380 e. The Kier molecular flexibility index (Phi) is 25.5. The summed E-state index contributed by atoms with van der Waals surface area (Å²) < 4.78 is 0. The van der Waals surface area contributed by atoms with Crippen molar-refractivity contribution in [1.29, 1.82) is 0 Å². The van der Waals surface area contributed by atoms with Crippen LogP contribution < -0.4 is 10.6 Å². The normalized spacial score (nSPS) is 13.0. The summed E-state index contributed by atoms with van der Waals surface area (Å²) in [6, 6.07) is 0. The van der Waals surface area contributed by atoms with Crippen molar-refractivity contribution in [2.24, 2.45) is 0 Å². The van der Waals surface area contributed by atoms with Gasteiger partial charge in [-0.3, -0.25) is 14.8 Å². The third-order valence-corrected chi connectivity index (χ3v) is 6.73. The molecule has 9 nitrogen and oxygen atoms in total. The zero-order valence-corrected chi connectivity index (χ0v) is 23.3. The molecule has 0 saturated heterocycles. The molecule has 9 heteroatoms. The van der Waals surface area contributed by atoms with E-state index in [0.29, 0.717) is 13.0 Å². The topological polar surface area (TPSA) is 148 Å². The Bertz CT molecular complexity index is 535. The molecule has 37 heavy (non-hydrogen) atoms. The maximum absolute atomic E-state index is 11.9. The van der Waals surface area contributed by atoms with Crippen LogP contribution in [-0.4, -0.2) is 64.0 Å². The van der Waals surface area contributed by atoms with E-state index in [4.69, 9.17) is 15.5 Å². The molecule has 0 aromatic rings. The van der Waals surface area contributed by atoms with Crippen molar-refractivity contribution >= 4 is 11.8 Å². The molecule has 6 N–H and O–H groups in total. The highest BCUT2D eigenvalue weighted by molar-refractivity contribution is 5.81. The van der Waals surface area contributed by atoms with Crippen LogP contribution in [0.15, 0.2) is 0 Å². The number of unbranched alkanes of at least 4 members (excludes halogenated alkanes) is 17. The molecule has 0 aliphatic carbocycles. The van der Waals surface area contributed by atoms with E-state index in [1.54, 1.807) is 0 Å². The molecule has 0 aromatic carbocycles. The molecular formula is C28H56N2O7. The number of hydrogen-bond donors (Lipinski definition) is 6. The average Bonchev–Trinajstić information content (AvgIpc) is 2.87. The van der Waals surface area contributed by atoms with Crippen molar-refractivity contribution < 1.29 is 35.1 Å². The number of carbonyl (C=O) groups is 2. The van der Waals surface area contributed by atoms with Crippen LogP contribution in [0.1, 0.15) is 135 Å². The fraction of sp³-hybridized carbons (Fsp3) is 0.929. The molecule has 0 unspecified atom stereocenters. The third kappa shape index (κ3) is 22.4. The van der Waals surface area contributed by atoms with Crippen LogP contribution >= 0.6 is 0 Å². The third-order valence-electron chi connectivity index (χ3n) is 6.73. The fourth-order valence-corrected chi connectivity index (χ4v) is 4.32. The van der Waals surface area contributed by atoms with Crippen LogP contribution in [0.2, 0.25) is 0 Å². The molecular weight excluding hydrogens is 476 g/mol. The van der Waals surface area contributed by atoms with Crippen molar-refractivity contribution in [3.05, 3.63) is 0 Å². The Balaban J connectivity index is 3.37. The van der Waals surface area contributed by atoms with Gasteiger partial charge in [-0.25, -0.2) is 4.89 Å². The SMILES string of the molecule is CCCCCCCCCCCCNC(=O)CCCCCCCCCCCNC(=O)[C@H](O)[C@@H](OO)C(O)O. The van der Waals surface area contributed by atoms with Crippen molar-refractivity contribution in [3.63, 3.8) is 0 Å². The lowest BCUT2D eigenvalue weighted by Crippen LogP contribution is -2.48. The first kappa shape index (κ1) is 35.7. The van der Waals surface area contributed by atoms with Gasteiger partial charge in [0.25, 0.3) is 5.91 Å². The van der Waals surface area contributed by atoms with Gasteiger partial charge < -0.3 is 26.0 Å². The van der Waals surface area contributed by atoms with Crippen LogP contribution in [0.3, 0.4) is 0 Å². The smallest absolute Gasteiger partial charge is 0.251 e. The molecule has 0 fully saturated rings. The van der Waals surface area contributed by atoms with E-state index in [0.717, 1.165) is 70.8 Å². The van der Waals surface area contributed by atoms with Gasteiger partial charge in [0.05, 0.1) is 0 Å². The van der Waals surface area contributed by atoms with Crippen LogP contribution in [0.4, 0.5) is 0 Å². The predicted molar refractivity (Wildman–Crippen MR) is 146 cm³/mol. The summed E-state index contributed by atoms with van der Waals surface area (Å²) in [5.74, 6) is -0.637. The van der Waals surface area contributed by atoms with Gasteiger partial charge in [0.2, 0.25) is 5.91 Å². The van der Waals surface area contributed by atoms with Crippen molar-refractivity contribution in [1.82, 2.24) is 10.6 Å². The molecule has 2 atom stereocenters. The van der Waals surface area contributed by atoms with Gasteiger partial charge in [-0.15, -0.1) is 0 Å². The maximum Gasteiger partial charge on any atom is 0.251 e. The van der Waals surface area contributed by atoms with E-state index in [2.05, 4.69) is 22.4 Å². The lowest BCUT2D eigenvalue weighted by Gasteiger charge is -2.20. The Hall–Kier alpha value is -1.26. The molecule has 0 aromatic heterocycles. The zero-order valence-electron chi connectivity index (χ0n) is 23.3. The summed E-state index contributed by atoms with van der Waals surface area (Å²) in [6.45, 7) is 3.42. The monoisotopic (exact) mass is 532 g/mol. The van der Waals surface area contributed by atoms with Gasteiger partial charge in [-0.05, 0) is 19.3 Å². The Morgan fingerprint density at radius 3 is 1.46 bits per heavy atom. The second-order valence-corrected chi connectivity index (χ2v) is 10.2. The summed E-state index contributed by atoms with van der Waals surface area (Å²) in [7, 11) is 0. The molecule has 0 heterocycles. The highest BCUT2D eigenvalue weighted by atomic mass is 17.1. The zero-order chi connectivity index (χ0) is 27.6. The van der Waals surface area contributed by atoms with Gasteiger partial charge in [-0.1, -0.05) is 110 Å². The van der Waals surface area contributed by atoms with E-state index in [9.17, 15) is 14.7 Å². The lowest BCUT2D eigenvalue weighted by molar-refractivity contribution is -0.334. The number of rotatable bonds is 27. The standard InChI is InChI=1S/C28H56N2O7/c1-2-3-4-5-6-7-10-13-16-19-22-29-24(31)21-18-15-12-9-8-11-14-17-20-23-30-27(33)25(32)26(37-36)28(34)35/h25-26,28,32,34-36H,2-23H2,1H3,(H,29,31)(H,30,33)/t25-,26-/m1/s1. The summed E-state index contributed by atoms with van der Waals surface area (Å²) in [5, 5.41) is 41.5. The number of aliphatic hydroxyl groups excluding tert-OH is 2. The molecule has 0 rings (SSSR count). The number of amides is 2. The number of nitrogens with one attached hydrogen (secondary N) is 2. The first-order valence-electron chi connectivity index (χ1n) is 14.8. The minimum absolute atomic E-state index is 0.183. The minimum Gasteiger partial charge on any atom is -0.380 e. The quantitative estimate of drug-likeness (QED) is 0.0393. The molecule has 0 spiro atoms. The van der Waals surface area contributed by atoms with Gasteiger partial charge in [0, 0.05) is 19.5 Å².